The highest BCUT2D eigenvalue weighted by Crippen LogP contribution is 2.27. The molecular formula is C17H23N3O4. The number of hydrogen-bond donors (Lipinski definition) is 2. The molecule has 0 radical (unpaired) electrons. The van der Waals surface area contributed by atoms with Crippen molar-refractivity contribution in [3.8, 4) is 0 Å². The molecule has 0 spiro atoms. The molecule has 1 aliphatic rings. The molecule has 0 bridgehead atoms. The van der Waals surface area contributed by atoms with E-state index < -0.39 is 11.8 Å². The van der Waals surface area contributed by atoms with Crippen LogP contribution in [0.2, 0.25) is 0 Å². The van der Waals surface area contributed by atoms with Crippen LogP contribution in [-0.2, 0) is 19.1 Å². The lowest BCUT2D eigenvalue weighted by Crippen LogP contribution is -2.37. The fourth-order valence-electron chi connectivity index (χ4n) is 2.57. The average molecular weight is 333 g/mol. The molecule has 1 heterocycles. The van der Waals surface area contributed by atoms with E-state index in [2.05, 4.69) is 10.6 Å². The summed E-state index contributed by atoms with van der Waals surface area (Å²) in [5.74, 6) is -1.38. The Morgan fingerprint density at radius 3 is 2.75 bits per heavy atom. The van der Waals surface area contributed by atoms with Gasteiger partial charge in [-0.3, -0.25) is 14.4 Å². The first-order chi connectivity index (χ1) is 11.5. The van der Waals surface area contributed by atoms with Crippen molar-refractivity contribution in [2.24, 2.45) is 0 Å². The van der Waals surface area contributed by atoms with E-state index in [-0.39, 0.29) is 12.5 Å². The van der Waals surface area contributed by atoms with Gasteiger partial charge in [0.15, 0.2) is 0 Å². The van der Waals surface area contributed by atoms with Gasteiger partial charge in [-0.1, -0.05) is 6.07 Å². The van der Waals surface area contributed by atoms with E-state index in [9.17, 15) is 14.4 Å². The number of amides is 3. The minimum Gasteiger partial charge on any atom is -0.383 e. The number of aryl methyl sites for hydroxylation is 1. The molecule has 0 unspecified atom stereocenters. The Hall–Kier alpha value is -2.41. The van der Waals surface area contributed by atoms with E-state index in [1.54, 1.807) is 17.0 Å². The van der Waals surface area contributed by atoms with Gasteiger partial charge >= 0.3 is 11.8 Å². The zero-order valence-corrected chi connectivity index (χ0v) is 14.1. The summed E-state index contributed by atoms with van der Waals surface area (Å²) in [6, 6.07) is 5.28. The van der Waals surface area contributed by atoms with Gasteiger partial charge in [0.25, 0.3) is 0 Å². The number of benzene rings is 1. The SMILES string of the molecule is COCCNC(=O)C(=O)Nc1ccc(C)c(N2CCCCC2=O)c1. The maximum Gasteiger partial charge on any atom is 0.313 e. The van der Waals surface area contributed by atoms with Gasteiger partial charge in [-0.05, 0) is 37.5 Å². The van der Waals surface area contributed by atoms with Gasteiger partial charge in [0, 0.05) is 38.0 Å². The second-order valence-electron chi connectivity index (χ2n) is 5.71. The third-order valence-corrected chi connectivity index (χ3v) is 3.88. The molecule has 1 aliphatic heterocycles. The number of anilines is 2. The van der Waals surface area contributed by atoms with E-state index >= 15 is 0 Å². The Morgan fingerprint density at radius 2 is 2.04 bits per heavy atom. The van der Waals surface area contributed by atoms with Gasteiger partial charge < -0.3 is 20.3 Å². The van der Waals surface area contributed by atoms with Crippen molar-refractivity contribution >= 4 is 29.1 Å². The minimum atomic E-state index is -0.745. The third-order valence-electron chi connectivity index (χ3n) is 3.88. The number of methoxy groups -OCH3 is 1. The summed E-state index contributed by atoms with van der Waals surface area (Å²) in [6.45, 7) is 3.20. The van der Waals surface area contributed by atoms with Gasteiger partial charge in [-0.15, -0.1) is 0 Å². The number of hydrogen-bond acceptors (Lipinski definition) is 4. The van der Waals surface area contributed by atoms with Crippen molar-refractivity contribution in [1.82, 2.24) is 5.32 Å². The van der Waals surface area contributed by atoms with Crippen molar-refractivity contribution < 1.29 is 19.1 Å². The van der Waals surface area contributed by atoms with Gasteiger partial charge in [-0.25, -0.2) is 0 Å². The van der Waals surface area contributed by atoms with Crippen LogP contribution in [0, 0.1) is 6.92 Å². The Morgan fingerprint density at radius 1 is 1.25 bits per heavy atom. The van der Waals surface area contributed by atoms with Gasteiger partial charge in [-0.2, -0.15) is 0 Å². The highest BCUT2D eigenvalue weighted by atomic mass is 16.5. The van der Waals surface area contributed by atoms with E-state index in [4.69, 9.17) is 4.74 Å². The standard InChI is InChI=1S/C17H23N3O4/c1-12-6-7-13(19-17(23)16(22)18-8-10-24-2)11-14(12)20-9-4-3-5-15(20)21/h6-7,11H,3-5,8-10H2,1-2H3,(H,18,22)(H,19,23). The molecule has 2 rings (SSSR count). The summed E-state index contributed by atoms with van der Waals surface area (Å²) >= 11 is 0. The number of nitrogens with one attached hydrogen (secondary N) is 2. The number of ether oxygens (including phenoxy) is 1. The normalized spacial score (nSPS) is 14.4. The Bertz CT molecular complexity index is 630. The van der Waals surface area contributed by atoms with Crippen molar-refractivity contribution in [3.05, 3.63) is 23.8 Å². The molecule has 1 aromatic rings. The lowest BCUT2D eigenvalue weighted by molar-refractivity contribution is -0.136. The Labute approximate surface area is 141 Å². The van der Waals surface area contributed by atoms with E-state index in [0.29, 0.717) is 25.3 Å². The monoisotopic (exact) mass is 333 g/mol. The molecule has 1 aromatic carbocycles. The topological polar surface area (TPSA) is 87.7 Å². The molecule has 0 aliphatic carbocycles. The summed E-state index contributed by atoms with van der Waals surface area (Å²) < 4.78 is 4.81. The largest absolute Gasteiger partial charge is 0.383 e. The average Bonchev–Trinajstić information content (AvgIpc) is 2.57. The lowest BCUT2D eigenvalue weighted by Gasteiger charge is -2.28. The summed E-state index contributed by atoms with van der Waals surface area (Å²) in [4.78, 5) is 37.4. The maximum atomic E-state index is 12.1. The van der Waals surface area contributed by atoms with Crippen molar-refractivity contribution in [2.75, 3.05) is 37.0 Å². The molecule has 0 aromatic heterocycles. The van der Waals surface area contributed by atoms with Crippen LogP contribution in [0.15, 0.2) is 18.2 Å². The van der Waals surface area contributed by atoms with Crippen molar-refractivity contribution in [1.29, 1.82) is 0 Å². The molecule has 7 heteroatoms. The fourth-order valence-corrected chi connectivity index (χ4v) is 2.57. The van der Waals surface area contributed by atoms with Crippen LogP contribution in [-0.4, -0.2) is 44.5 Å². The van der Waals surface area contributed by atoms with E-state index in [1.165, 1.54) is 7.11 Å². The van der Waals surface area contributed by atoms with Crippen LogP contribution < -0.4 is 15.5 Å². The Kier molecular flexibility index (Phi) is 6.31. The minimum absolute atomic E-state index is 0.0881. The molecule has 3 amide bonds. The lowest BCUT2D eigenvalue weighted by atomic mass is 10.1. The fraction of sp³-hybridized carbons (Fsp3) is 0.471. The first-order valence-corrected chi connectivity index (χ1v) is 8.02. The van der Waals surface area contributed by atoms with Gasteiger partial charge in [0.2, 0.25) is 5.91 Å². The van der Waals surface area contributed by atoms with Crippen LogP contribution in [0.5, 0.6) is 0 Å². The molecule has 0 saturated carbocycles. The highest BCUT2D eigenvalue weighted by Gasteiger charge is 2.22. The van der Waals surface area contributed by atoms with Crippen LogP contribution in [0.4, 0.5) is 11.4 Å². The third kappa shape index (κ3) is 4.55. The summed E-state index contributed by atoms with van der Waals surface area (Å²) in [5, 5.41) is 5.02. The molecule has 24 heavy (non-hydrogen) atoms. The number of carbonyl (C=O) groups excluding carboxylic acids is 3. The molecule has 0 atom stereocenters. The second kappa shape index (κ2) is 8.44. The maximum absolute atomic E-state index is 12.1. The van der Waals surface area contributed by atoms with Gasteiger partial charge in [0.05, 0.1) is 6.61 Å². The zero-order valence-electron chi connectivity index (χ0n) is 14.1. The predicted octanol–water partition coefficient (Wildman–Crippen LogP) is 1.21. The predicted molar refractivity (Wildman–Crippen MR) is 90.9 cm³/mol. The molecule has 130 valence electrons. The summed E-state index contributed by atoms with van der Waals surface area (Å²) in [7, 11) is 1.52. The quantitative estimate of drug-likeness (QED) is 0.626. The number of rotatable bonds is 5. The molecule has 2 N–H and O–H groups in total. The van der Waals surface area contributed by atoms with E-state index in [0.717, 1.165) is 24.1 Å². The van der Waals surface area contributed by atoms with Crippen molar-refractivity contribution in [3.63, 3.8) is 0 Å². The van der Waals surface area contributed by atoms with Crippen LogP contribution in [0.3, 0.4) is 0 Å². The van der Waals surface area contributed by atoms with Crippen LogP contribution >= 0.6 is 0 Å². The highest BCUT2D eigenvalue weighted by molar-refractivity contribution is 6.39. The molecule has 1 fully saturated rings. The zero-order chi connectivity index (χ0) is 17.5. The Balaban J connectivity index is 2.06. The first kappa shape index (κ1) is 17.9. The summed E-state index contributed by atoms with van der Waals surface area (Å²) in [5.41, 5.74) is 2.21. The van der Waals surface area contributed by atoms with E-state index in [1.807, 2.05) is 13.0 Å². The summed E-state index contributed by atoms with van der Waals surface area (Å²) in [6.07, 6.45) is 2.41. The van der Waals surface area contributed by atoms with Gasteiger partial charge in [0.1, 0.15) is 0 Å². The molecule has 1 saturated heterocycles. The number of carbonyl (C=O) groups is 3. The number of nitrogens with zero attached hydrogens (tertiary/aromatic N) is 1. The molecule has 7 nitrogen and oxygen atoms in total. The van der Waals surface area contributed by atoms with Crippen LogP contribution in [0.1, 0.15) is 24.8 Å². The van der Waals surface area contributed by atoms with Crippen molar-refractivity contribution in [2.45, 2.75) is 26.2 Å². The van der Waals surface area contributed by atoms with Crippen LogP contribution in [0.25, 0.3) is 0 Å². The molecular weight excluding hydrogens is 310 g/mol. The first-order valence-electron chi connectivity index (χ1n) is 8.02. The second-order valence-corrected chi connectivity index (χ2v) is 5.71. The smallest absolute Gasteiger partial charge is 0.313 e. The number of piperidine rings is 1.